The van der Waals surface area contributed by atoms with E-state index in [1.165, 1.54) is 11.0 Å². The van der Waals surface area contributed by atoms with E-state index in [1.807, 2.05) is 66.9 Å². The van der Waals surface area contributed by atoms with Gasteiger partial charge in [0.25, 0.3) is 0 Å². The average Bonchev–Trinajstić information content (AvgIpc) is 3.37. The molecular weight excluding hydrogens is 344 g/mol. The predicted octanol–water partition coefficient (Wildman–Crippen LogP) is 2.27. The van der Waals surface area contributed by atoms with Gasteiger partial charge in [-0.1, -0.05) is 48.5 Å². The average molecular weight is 360 g/mol. The van der Waals surface area contributed by atoms with Crippen LogP contribution in [0.25, 0.3) is 16.9 Å². The summed E-state index contributed by atoms with van der Waals surface area (Å²) in [6.45, 7) is 0.0680. The molecule has 8 heteroatoms. The Hall–Kier alpha value is -3.81. The Morgan fingerprint density at radius 3 is 2.44 bits per heavy atom. The van der Waals surface area contributed by atoms with E-state index in [2.05, 4.69) is 15.5 Å². The van der Waals surface area contributed by atoms with Crippen LogP contribution in [0.3, 0.4) is 0 Å². The zero-order chi connectivity index (χ0) is 18.5. The molecule has 0 unspecified atom stereocenters. The third-order valence-corrected chi connectivity index (χ3v) is 3.93. The summed E-state index contributed by atoms with van der Waals surface area (Å²) < 4.78 is 8.50. The van der Waals surface area contributed by atoms with E-state index in [9.17, 15) is 4.79 Å². The number of benzene rings is 2. The summed E-state index contributed by atoms with van der Waals surface area (Å²) in [5, 5.41) is 15.3. The Kier molecular flexibility index (Phi) is 4.69. The maximum atomic E-state index is 12.0. The van der Waals surface area contributed by atoms with Crippen molar-refractivity contribution in [2.45, 2.75) is 13.2 Å². The summed E-state index contributed by atoms with van der Waals surface area (Å²) in [6, 6.07) is 19.6. The van der Waals surface area contributed by atoms with E-state index < -0.39 is 5.97 Å². The fourth-order valence-corrected chi connectivity index (χ4v) is 2.66. The van der Waals surface area contributed by atoms with Gasteiger partial charge in [-0.2, -0.15) is 5.10 Å². The van der Waals surface area contributed by atoms with Gasteiger partial charge in [0.1, 0.15) is 19.5 Å². The number of esters is 1. The van der Waals surface area contributed by atoms with Crippen LogP contribution >= 0.6 is 0 Å². The molecule has 2 aromatic carbocycles. The highest BCUT2D eigenvalue weighted by molar-refractivity contribution is 5.69. The first-order valence-corrected chi connectivity index (χ1v) is 8.35. The van der Waals surface area contributed by atoms with Gasteiger partial charge in [0.2, 0.25) is 0 Å². The van der Waals surface area contributed by atoms with E-state index in [4.69, 9.17) is 9.84 Å². The number of hydrogen-bond donors (Lipinski definition) is 0. The zero-order valence-corrected chi connectivity index (χ0v) is 14.3. The Morgan fingerprint density at radius 1 is 1.00 bits per heavy atom. The molecule has 2 heterocycles. The first-order chi connectivity index (χ1) is 13.3. The molecule has 0 fully saturated rings. The third kappa shape index (κ3) is 3.90. The topological polar surface area (TPSA) is 87.7 Å². The van der Waals surface area contributed by atoms with Gasteiger partial charge in [-0.15, -0.1) is 5.10 Å². The minimum atomic E-state index is -0.422. The number of para-hydroxylation sites is 1. The van der Waals surface area contributed by atoms with E-state index in [-0.39, 0.29) is 13.2 Å². The smallest absolute Gasteiger partial charge is 0.328 e. The molecule has 0 radical (unpaired) electrons. The molecule has 8 nitrogen and oxygen atoms in total. The first kappa shape index (κ1) is 16.6. The maximum Gasteiger partial charge on any atom is 0.328 e. The number of carbonyl (C=O) groups is 1. The number of tetrazole rings is 1. The molecule has 0 amide bonds. The molecule has 2 aromatic heterocycles. The lowest BCUT2D eigenvalue weighted by molar-refractivity contribution is -0.145. The molecule has 134 valence electrons. The van der Waals surface area contributed by atoms with Gasteiger partial charge >= 0.3 is 5.97 Å². The first-order valence-electron chi connectivity index (χ1n) is 8.35. The number of ether oxygens (including phenoxy) is 1. The Bertz CT molecular complexity index is 1010. The second-order valence-corrected chi connectivity index (χ2v) is 5.82. The quantitative estimate of drug-likeness (QED) is 0.490. The lowest BCUT2D eigenvalue weighted by Gasteiger charge is -2.05. The summed E-state index contributed by atoms with van der Waals surface area (Å²) in [5.74, 6) is -0.422. The van der Waals surface area contributed by atoms with Crippen LogP contribution in [0.2, 0.25) is 0 Å². The molecule has 0 N–H and O–H groups in total. The maximum absolute atomic E-state index is 12.0. The summed E-state index contributed by atoms with van der Waals surface area (Å²) in [6.07, 6.45) is 3.24. The molecule has 0 aliphatic carbocycles. The van der Waals surface area contributed by atoms with Crippen molar-refractivity contribution >= 4 is 5.97 Å². The molecule has 4 rings (SSSR count). The molecule has 0 spiro atoms. The highest BCUT2D eigenvalue weighted by Gasteiger charge is 2.14. The van der Waals surface area contributed by atoms with Gasteiger partial charge < -0.3 is 4.74 Å². The van der Waals surface area contributed by atoms with Crippen LogP contribution in [-0.4, -0.2) is 36.0 Å². The van der Waals surface area contributed by atoms with E-state index >= 15 is 0 Å². The molecular formula is C19H16N6O2. The number of nitrogens with zero attached hydrogens (tertiary/aromatic N) is 6. The van der Waals surface area contributed by atoms with Crippen LogP contribution < -0.4 is 0 Å². The van der Waals surface area contributed by atoms with Crippen molar-refractivity contribution in [3.8, 4) is 16.9 Å². The molecule has 4 aromatic rings. The van der Waals surface area contributed by atoms with Crippen molar-refractivity contribution in [3.05, 3.63) is 78.8 Å². The van der Waals surface area contributed by atoms with Crippen molar-refractivity contribution < 1.29 is 9.53 Å². The van der Waals surface area contributed by atoms with Gasteiger partial charge in [0, 0.05) is 17.3 Å². The second kappa shape index (κ2) is 7.61. The fourth-order valence-electron chi connectivity index (χ4n) is 2.66. The zero-order valence-electron chi connectivity index (χ0n) is 14.3. The Labute approximate surface area is 155 Å². The van der Waals surface area contributed by atoms with Crippen molar-refractivity contribution in [2.24, 2.45) is 0 Å². The van der Waals surface area contributed by atoms with Gasteiger partial charge in [0.05, 0.1) is 11.4 Å². The van der Waals surface area contributed by atoms with Gasteiger partial charge in [0.15, 0.2) is 0 Å². The standard InChI is InChI=1S/C19H16N6O2/c26-18(12-24-14-20-22-23-24)27-13-16-11-25(17-9-5-2-6-10-17)21-19(16)15-7-3-1-4-8-15/h1-11,14H,12-13H2. The fraction of sp³-hybridized carbons (Fsp3) is 0.105. The minimum absolute atomic E-state index is 0.0412. The van der Waals surface area contributed by atoms with Gasteiger partial charge in [-0.3, -0.25) is 4.79 Å². The van der Waals surface area contributed by atoms with Crippen LogP contribution in [-0.2, 0) is 22.7 Å². The number of aromatic nitrogens is 6. The molecule has 0 saturated carbocycles. The van der Waals surface area contributed by atoms with Gasteiger partial charge in [-0.25, -0.2) is 9.36 Å². The van der Waals surface area contributed by atoms with Crippen LogP contribution in [0, 0.1) is 0 Å². The summed E-state index contributed by atoms with van der Waals surface area (Å²) in [5.41, 5.74) is 3.48. The Morgan fingerprint density at radius 2 is 1.74 bits per heavy atom. The van der Waals surface area contributed by atoms with E-state index in [1.54, 1.807) is 4.68 Å². The van der Waals surface area contributed by atoms with E-state index in [0.29, 0.717) is 0 Å². The molecule has 0 aliphatic rings. The highest BCUT2D eigenvalue weighted by atomic mass is 16.5. The Balaban J connectivity index is 1.58. The predicted molar refractivity (Wildman–Crippen MR) is 96.6 cm³/mol. The lowest BCUT2D eigenvalue weighted by Crippen LogP contribution is -2.14. The van der Waals surface area contributed by atoms with Crippen molar-refractivity contribution in [2.75, 3.05) is 0 Å². The normalized spacial score (nSPS) is 10.7. The molecule has 0 saturated heterocycles. The summed E-state index contributed by atoms with van der Waals surface area (Å²) in [4.78, 5) is 12.0. The summed E-state index contributed by atoms with van der Waals surface area (Å²) in [7, 11) is 0. The second-order valence-electron chi connectivity index (χ2n) is 5.82. The number of carbonyl (C=O) groups excluding carboxylic acids is 1. The van der Waals surface area contributed by atoms with Crippen molar-refractivity contribution in [3.63, 3.8) is 0 Å². The molecule has 0 atom stereocenters. The minimum Gasteiger partial charge on any atom is -0.459 e. The van der Waals surface area contributed by atoms with E-state index in [0.717, 1.165) is 22.5 Å². The monoisotopic (exact) mass is 360 g/mol. The van der Waals surface area contributed by atoms with Crippen LogP contribution in [0.4, 0.5) is 0 Å². The summed E-state index contributed by atoms with van der Waals surface area (Å²) >= 11 is 0. The molecule has 0 bridgehead atoms. The lowest BCUT2D eigenvalue weighted by atomic mass is 10.1. The van der Waals surface area contributed by atoms with Crippen molar-refractivity contribution in [1.29, 1.82) is 0 Å². The number of rotatable bonds is 6. The third-order valence-electron chi connectivity index (χ3n) is 3.93. The van der Waals surface area contributed by atoms with Crippen LogP contribution in [0.1, 0.15) is 5.56 Å². The molecule has 27 heavy (non-hydrogen) atoms. The SMILES string of the molecule is O=C(Cn1cnnn1)OCc1cn(-c2ccccc2)nc1-c1ccccc1. The highest BCUT2D eigenvalue weighted by Crippen LogP contribution is 2.24. The van der Waals surface area contributed by atoms with Crippen LogP contribution in [0.5, 0.6) is 0 Å². The number of hydrogen-bond acceptors (Lipinski definition) is 6. The molecule has 0 aliphatic heterocycles. The van der Waals surface area contributed by atoms with Crippen molar-refractivity contribution in [1.82, 2.24) is 30.0 Å². The van der Waals surface area contributed by atoms with Gasteiger partial charge in [-0.05, 0) is 22.6 Å². The van der Waals surface area contributed by atoms with Crippen LogP contribution in [0.15, 0.2) is 73.2 Å². The largest absolute Gasteiger partial charge is 0.459 e.